The number of carboxylic acid groups (broad SMARTS) is 2. The van der Waals surface area contributed by atoms with E-state index >= 15 is 0 Å². The number of aromatic amines is 1. The molecule has 2 aromatic heterocycles. The molecule has 0 spiro atoms. The molecule has 3 heterocycles. The molecule has 2 aromatic carbocycles. The fourth-order valence-electron chi connectivity index (χ4n) is 7.92. The van der Waals surface area contributed by atoms with Crippen molar-refractivity contribution in [2.24, 2.45) is 11.3 Å². The Balaban J connectivity index is 0.000000362. The Bertz CT molecular complexity index is 1750. The molecule has 0 saturated heterocycles. The first kappa shape index (κ1) is 33.4. The lowest BCUT2D eigenvalue weighted by atomic mass is 9.62. The van der Waals surface area contributed by atoms with Crippen LogP contribution in [0.25, 0.3) is 21.8 Å². The van der Waals surface area contributed by atoms with Gasteiger partial charge in [-0.25, -0.2) is 9.59 Å². The predicted molar refractivity (Wildman–Crippen MR) is 179 cm³/mol. The van der Waals surface area contributed by atoms with Gasteiger partial charge in [0.2, 0.25) is 0 Å². The Labute approximate surface area is 269 Å². The molecule has 5 atom stereocenters. The topological polar surface area (TPSA) is 160 Å². The molecule has 5 unspecified atom stereocenters. The summed E-state index contributed by atoms with van der Waals surface area (Å²) < 4.78 is 2.75. The minimum atomic E-state index is -2.27. The number of fused-ring (bicyclic) bond motifs is 6. The van der Waals surface area contributed by atoms with Crippen LogP contribution in [0.15, 0.2) is 60.2 Å². The maximum Gasteiger partial charge on any atom is 0.335 e. The molecular formula is C36H46N4O6. The number of aromatic nitrogens is 2. The number of aliphatic carboxylic acids is 2. The van der Waals surface area contributed by atoms with E-state index < -0.39 is 24.1 Å². The Morgan fingerprint density at radius 3 is 2.09 bits per heavy atom. The summed E-state index contributed by atoms with van der Waals surface area (Å²) >= 11 is 0. The second-order valence-corrected chi connectivity index (χ2v) is 13.3. The molecule has 10 heteroatoms. The average Bonchev–Trinajstić information content (AvgIpc) is 3.66. The first-order chi connectivity index (χ1) is 21.9. The first-order valence-electron chi connectivity index (χ1n) is 15.9. The number of carbonyl (C=O) groups is 2. The first-order valence-corrected chi connectivity index (χ1v) is 15.9. The molecule has 10 nitrogen and oxygen atoms in total. The zero-order valence-electron chi connectivity index (χ0n) is 27.2. The van der Waals surface area contributed by atoms with E-state index in [4.69, 9.17) is 20.4 Å². The van der Waals surface area contributed by atoms with Gasteiger partial charge in [-0.1, -0.05) is 61.9 Å². The second-order valence-electron chi connectivity index (χ2n) is 13.3. The standard InChI is InChI=1S/C32H40N4.C4H6O6/c1-20-18-25-28(32(2,3)19-20)31(29-23(14-16-33-4)21-10-6-8-12-26(21)35-29)36-27-13-9-7-11-22(27)24(30(25)36)15-17-34-5;5-1(3(7)8)2(6)4(9)10/h6-13,18,25,28,31,33-35H,14-17,19H2,1-5H3;1-2,5-6H,(H,7,8)(H,9,10). The van der Waals surface area contributed by atoms with Crippen molar-refractivity contribution in [3.05, 3.63) is 82.7 Å². The van der Waals surface area contributed by atoms with Crippen molar-refractivity contribution < 1.29 is 30.0 Å². The highest BCUT2D eigenvalue weighted by Crippen LogP contribution is 2.61. The molecule has 46 heavy (non-hydrogen) atoms. The number of benzene rings is 2. The van der Waals surface area contributed by atoms with E-state index in [-0.39, 0.29) is 11.5 Å². The van der Waals surface area contributed by atoms with Gasteiger partial charge in [-0.2, -0.15) is 0 Å². The molecule has 246 valence electrons. The van der Waals surface area contributed by atoms with Crippen molar-refractivity contribution in [2.75, 3.05) is 27.2 Å². The zero-order chi connectivity index (χ0) is 33.3. The number of nitrogens with one attached hydrogen (secondary N) is 3. The molecule has 0 radical (unpaired) electrons. The summed E-state index contributed by atoms with van der Waals surface area (Å²) in [4.78, 5) is 23.5. The molecule has 1 aliphatic carbocycles. The Kier molecular flexibility index (Phi) is 9.74. The van der Waals surface area contributed by atoms with E-state index in [0.717, 1.165) is 32.4 Å². The van der Waals surface area contributed by atoms with Gasteiger partial charge in [0.15, 0.2) is 12.2 Å². The third-order valence-corrected chi connectivity index (χ3v) is 9.68. The summed E-state index contributed by atoms with van der Waals surface area (Å²) in [5, 5.41) is 42.1. The minimum absolute atomic E-state index is 0.201. The number of para-hydroxylation sites is 2. The normalized spacial score (nSPS) is 21.2. The van der Waals surface area contributed by atoms with Crippen LogP contribution in [0.5, 0.6) is 0 Å². The van der Waals surface area contributed by atoms with Crippen molar-refractivity contribution >= 4 is 33.7 Å². The summed E-state index contributed by atoms with van der Waals surface area (Å²) in [5.41, 5.74) is 10.4. The van der Waals surface area contributed by atoms with E-state index in [2.05, 4.69) is 110 Å². The molecule has 1 aliphatic heterocycles. The van der Waals surface area contributed by atoms with Gasteiger partial charge in [-0.05, 0) is 82.0 Å². The van der Waals surface area contributed by atoms with Gasteiger partial charge in [0.25, 0.3) is 0 Å². The Hall–Kier alpha value is -3.96. The minimum Gasteiger partial charge on any atom is -0.479 e. The van der Waals surface area contributed by atoms with Gasteiger partial charge in [0.05, 0.1) is 6.04 Å². The average molecular weight is 631 g/mol. The number of rotatable bonds is 10. The lowest BCUT2D eigenvalue weighted by Gasteiger charge is -2.42. The second kappa shape index (κ2) is 13.4. The third kappa shape index (κ3) is 5.98. The van der Waals surface area contributed by atoms with Crippen LogP contribution in [0.4, 0.5) is 0 Å². The van der Waals surface area contributed by atoms with Crippen molar-refractivity contribution in [3.8, 4) is 0 Å². The summed E-state index contributed by atoms with van der Waals surface area (Å²) in [6.45, 7) is 9.32. The quantitative estimate of drug-likeness (QED) is 0.128. The molecule has 0 saturated carbocycles. The van der Waals surface area contributed by atoms with E-state index in [0.29, 0.717) is 11.8 Å². The Morgan fingerprint density at radius 1 is 0.913 bits per heavy atom. The van der Waals surface area contributed by atoms with E-state index in [1.54, 1.807) is 5.69 Å². The molecule has 0 bridgehead atoms. The molecular weight excluding hydrogens is 584 g/mol. The smallest absolute Gasteiger partial charge is 0.335 e. The van der Waals surface area contributed by atoms with Gasteiger partial charge < -0.3 is 40.6 Å². The van der Waals surface area contributed by atoms with E-state index in [1.807, 2.05) is 0 Å². The molecule has 0 amide bonds. The Morgan fingerprint density at radius 2 is 1.48 bits per heavy atom. The largest absolute Gasteiger partial charge is 0.479 e. The number of hydrogen-bond acceptors (Lipinski definition) is 6. The predicted octanol–water partition coefficient (Wildman–Crippen LogP) is 4.20. The van der Waals surface area contributed by atoms with Gasteiger partial charge in [0.1, 0.15) is 0 Å². The van der Waals surface area contributed by atoms with Crippen LogP contribution in [0.3, 0.4) is 0 Å². The SMILES string of the molecule is CNCCc1c(C2C3C(C=C(C)CC3(C)C)c3c(CCNC)c4ccccc4n32)[nH]c2ccccc12.O=C(O)C(O)C(O)C(=O)O. The number of aliphatic hydroxyl groups excluding tert-OH is 2. The van der Waals surface area contributed by atoms with Gasteiger partial charge >= 0.3 is 11.9 Å². The highest BCUT2D eigenvalue weighted by Gasteiger charge is 2.52. The highest BCUT2D eigenvalue weighted by molar-refractivity contribution is 5.88. The van der Waals surface area contributed by atoms with Gasteiger partial charge in [-0.15, -0.1) is 0 Å². The van der Waals surface area contributed by atoms with Crippen molar-refractivity contribution in [2.45, 2.75) is 64.2 Å². The fraction of sp³-hybridized carbons (Fsp3) is 0.444. The number of nitrogens with zero attached hydrogens (tertiary/aromatic N) is 1. The zero-order valence-corrected chi connectivity index (χ0v) is 27.2. The van der Waals surface area contributed by atoms with Crippen LogP contribution in [-0.4, -0.2) is 81.3 Å². The number of hydrogen-bond donors (Lipinski definition) is 7. The fourth-order valence-corrected chi connectivity index (χ4v) is 7.92. The molecule has 2 aliphatic rings. The van der Waals surface area contributed by atoms with Crippen LogP contribution in [-0.2, 0) is 22.4 Å². The van der Waals surface area contributed by atoms with Crippen LogP contribution in [0.2, 0.25) is 0 Å². The maximum absolute atomic E-state index is 9.77. The number of carboxylic acids is 2. The monoisotopic (exact) mass is 630 g/mol. The third-order valence-electron chi connectivity index (χ3n) is 9.68. The maximum atomic E-state index is 9.77. The summed E-state index contributed by atoms with van der Waals surface area (Å²) in [6.07, 6.45) is 1.32. The summed E-state index contributed by atoms with van der Waals surface area (Å²) in [5.74, 6) is -2.60. The van der Waals surface area contributed by atoms with Crippen LogP contribution in [0, 0.1) is 11.3 Å². The van der Waals surface area contributed by atoms with Crippen LogP contribution >= 0.6 is 0 Å². The molecule has 6 rings (SSSR count). The number of H-pyrrole nitrogens is 1. The lowest BCUT2D eigenvalue weighted by molar-refractivity contribution is -0.165. The lowest BCUT2D eigenvalue weighted by Crippen LogP contribution is -2.39. The van der Waals surface area contributed by atoms with E-state index in [1.165, 1.54) is 44.2 Å². The summed E-state index contributed by atoms with van der Waals surface area (Å²) in [6, 6.07) is 18.3. The molecule has 7 N–H and O–H groups in total. The number of aliphatic hydroxyl groups is 2. The van der Waals surface area contributed by atoms with Gasteiger partial charge in [-0.3, -0.25) is 0 Å². The molecule has 4 aromatic rings. The molecule has 0 fully saturated rings. The number of likely N-dealkylation sites (N-methyl/N-ethyl adjacent to an activating group) is 2. The van der Waals surface area contributed by atoms with Crippen LogP contribution in [0.1, 0.15) is 61.7 Å². The van der Waals surface area contributed by atoms with Crippen molar-refractivity contribution in [1.82, 2.24) is 20.2 Å². The van der Waals surface area contributed by atoms with Gasteiger partial charge in [0, 0.05) is 45.0 Å². The van der Waals surface area contributed by atoms with Crippen molar-refractivity contribution in [1.29, 1.82) is 0 Å². The highest BCUT2D eigenvalue weighted by atomic mass is 16.4. The van der Waals surface area contributed by atoms with E-state index in [9.17, 15) is 9.59 Å². The van der Waals surface area contributed by atoms with Crippen LogP contribution < -0.4 is 10.6 Å². The van der Waals surface area contributed by atoms with Crippen molar-refractivity contribution in [3.63, 3.8) is 0 Å². The number of allylic oxidation sites excluding steroid dienone is 2. The summed E-state index contributed by atoms with van der Waals surface area (Å²) in [7, 11) is 4.12.